The summed E-state index contributed by atoms with van der Waals surface area (Å²) in [7, 11) is 3.47. The number of carbonyl (C=O) groups excluding carboxylic acids is 3. The largest absolute Gasteiger partial charge is 0.331 e. The van der Waals surface area contributed by atoms with E-state index in [-0.39, 0.29) is 35.1 Å². The van der Waals surface area contributed by atoms with Crippen LogP contribution >= 0.6 is 0 Å². The quantitative estimate of drug-likeness (QED) is 0.736. The summed E-state index contributed by atoms with van der Waals surface area (Å²) >= 11 is 0. The topological polar surface area (TPSA) is 69.7 Å². The van der Waals surface area contributed by atoms with Crippen molar-refractivity contribution in [3.63, 3.8) is 0 Å². The summed E-state index contributed by atoms with van der Waals surface area (Å²) in [5.74, 6) is -0.279. The van der Waals surface area contributed by atoms with E-state index in [9.17, 15) is 14.4 Å². The fourth-order valence-corrected chi connectivity index (χ4v) is 3.89. The van der Waals surface area contributed by atoms with E-state index in [1.807, 2.05) is 13.8 Å². The first-order chi connectivity index (χ1) is 9.77. The Morgan fingerprint density at radius 2 is 1.86 bits per heavy atom. The first kappa shape index (κ1) is 15.8. The molecule has 0 bridgehead atoms. The number of imide groups is 1. The van der Waals surface area contributed by atoms with Crippen molar-refractivity contribution in [3.05, 3.63) is 0 Å². The molecule has 118 valence electrons. The molecule has 2 rings (SSSR count). The average molecular weight is 295 g/mol. The molecule has 0 aromatic carbocycles. The Morgan fingerprint density at radius 1 is 1.29 bits per heavy atom. The molecule has 6 nitrogen and oxygen atoms in total. The molecule has 1 N–H and O–H groups in total. The summed E-state index contributed by atoms with van der Waals surface area (Å²) in [5, 5.41) is 2.47. The highest BCUT2D eigenvalue weighted by Crippen LogP contribution is 2.47. The first-order valence-electron chi connectivity index (χ1n) is 7.57. The monoisotopic (exact) mass is 295 g/mol. The lowest BCUT2D eigenvalue weighted by molar-refractivity contribution is -0.148. The van der Waals surface area contributed by atoms with Crippen LogP contribution in [0.2, 0.25) is 0 Å². The standard InChI is InChI=1S/C15H25N3O3/c1-10(2)12-13(20)16-11(19)9-15(12)5-7-18(8-6-15)14(21)17(3)4/h10,12H,5-9H2,1-4H3,(H,16,19,20). The van der Waals surface area contributed by atoms with E-state index in [1.165, 1.54) is 0 Å². The Balaban J connectivity index is 2.16. The summed E-state index contributed by atoms with van der Waals surface area (Å²) in [6.07, 6.45) is 1.83. The number of hydrogen-bond acceptors (Lipinski definition) is 3. The molecule has 2 aliphatic heterocycles. The zero-order chi connectivity index (χ0) is 15.8. The fraction of sp³-hybridized carbons (Fsp3) is 0.800. The van der Waals surface area contributed by atoms with E-state index in [4.69, 9.17) is 0 Å². The maximum atomic E-state index is 12.2. The summed E-state index contributed by atoms with van der Waals surface area (Å²) in [6, 6.07) is -0.00228. The van der Waals surface area contributed by atoms with Gasteiger partial charge in [-0.05, 0) is 24.2 Å². The molecule has 2 saturated heterocycles. The summed E-state index contributed by atoms with van der Waals surface area (Å²) < 4.78 is 0. The van der Waals surface area contributed by atoms with Crippen molar-refractivity contribution < 1.29 is 14.4 Å². The molecule has 2 heterocycles. The second-order valence-electron chi connectivity index (χ2n) is 6.84. The highest BCUT2D eigenvalue weighted by Gasteiger charge is 2.51. The molecule has 21 heavy (non-hydrogen) atoms. The van der Waals surface area contributed by atoms with Gasteiger partial charge in [-0.3, -0.25) is 14.9 Å². The molecule has 1 atom stereocenters. The SMILES string of the molecule is CC(C)C1C(=O)NC(=O)CC12CCN(C(=O)N(C)C)CC2. The van der Waals surface area contributed by atoms with Crippen LogP contribution in [0.15, 0.2) is 0 Å². The Morgan fingerprint density at radius 3 is 2.33 bits per heavy atom. The number of nitrogens with zero attached hydrogens (tertiary/aromatic N) is 2. The first-order valence-corrected chi connectivity index (χ1v) is 7.57. The second kappa shape index (κ2) is 5.66. The van der Waals surface area contributed by atoms with Gasteiger partial charge in [0.2, 0.25) is 11.8 Å². The van der Waals surface area contributed by atoms with Gasteiger partial charge in [0.1, 0.15) is 0 Å². The van der Waals surface area contributed by atoms with Crippen molar-refractivity contribution in [1.82, 2.24) is 15.1 Å². The number of amides is 4. The lowest BCUT2D eigenvalue weighted by Crippen LogP contribution is -2.58. The fourth-order valence-electron chi connectivity index (χ4n) is 3.89. The maximum absolute atomic E-state index is 12.2. The van der Waals surface area contributed by atoms with E-state index in [0.29, 0.717) is 32.4 Å². The highest BCUT2D eigenvalue weighted by molar-refractivity contribution is 5.99. The number of carbonyl (C=O) groups is 3. The van der Waals surface area contributed by atoms with Crippen molar-refractivity contribution in [3.8, 4) is 0 Å². The molecule has 0 aliphatic carbocycles. The van der Waals surface area contributed by atoms with E-state index in [0.717, 1.165) is 0 Å². The molecule has 2 fully saturated rings. The maximum Gasteiger partial charge on any atom is 0.319 e. The Hall–Kier alpha value is -1.59. The third-order valence-corrected chi connectivity index (χ3v) is 4.80. The number of nitrogens with one attached hydrogen (secondary N) is 1. The van der Waals surface area contributed by atoms with Crippen LogP contribution in [0.25, 0.3) is 0 Å². The van der Waals surface area contributed by atoms with Gasteiger partial charge in [-0.1, -0.05) is 13.8 Å². The van der Waals surface area contributed by atoms with Gasteiger partial charge in [0.25, 0.3) is 0 Å². The van der Waals surface area contributed by atoms with Gasteiger partial charge < -0.3 is 9.80 Å². The molecule has 0 saturated carbocycles. The van der Waals surface area contributed by atoms with Crippen molar-refractivity contribution >= 4 is 17.8 Å². The van der Waals surface area contributed by atoms with Crippen molar-refractivity contribution in [2.75, 3.05) is 27.2 Å². The van der Waals surface area contributed by atoms with Crippen LogP contribution in [-0.2, 0) is 9.59 Å². The van der Waals surface area contributed by atoms with Gasteiger partial charge in [-0.25, -0.2) is 4.79 Å². The van der Waals surface area contributed by atoms with Crippen LogP contribution in [0.3, 0.4) is 0 Å². The number of piperidine rings is 2. The molecule has 1 unspecified atom stereocenters. The van der Waals surface area contributed by atoms with E-state index in [1.54, 1.807) is 23.9 Å². The summed E-state index contributed by atoms with van der Waals surface area (Å²) in [6.45, 7) is 5.28. The van der Waals surface area contributed by atoms with Crippen LogP contribution in [-0.4, -0.2) is 54.8 Å². The molecular formula is C15H25N3O3. The van der Waals surface area contributed by atoms with Gasteiger partial charge in [0.15, 0.2) is 0 Å². The van der Waals surface area contributed by atoms with E-state index in [2.05, 4.69) is 5.32 Å². The van der Waals surface area contributed by atoms with E-state index >= 15 is 0 Å². The average Bonchev–Trinajstić information content (AvgIpc) is 2.37. The van der Waals surface area contributed by atoms with Crippen LogP contribution in [0.1, 0.15) is 33.1 Å². The van der Waals surface area contributed by atoms with Crippen LogP contribution < -0.4 is 5.32 Å². The Labute approximate surface area is 125 Å². The van der Waals surface area contributed by atoms with Gasteiger partial charge in [0.05, 0.1) is 0 Å². The summed E-state index contributed by atoms with van der Waals surface area (Å²) in [4.78, 5) is 39.4. The van der Waals surface area contributed by atoms with Crippen LogP contribution in [0.5, 0.6) is 0 Å². The van der Waals surface area contributed by atoms with Crippen molar-refractivity contribution in [2.24, 2.45) is 17.3 Å². The minimum atomic E-state index is -0.281. The summed E-state index contributed by atoms with van der Waals surface area (Å²) in [5.41, 5.74) is -0.281. The predicted octanol–water partition coefficient (Wildman–Crippen LogP) is 1.07. The lowest BCUT2D eigenvalue weighted by atomic mass is 9.61. The zero-order valence-electron chi connectivity index (χ0n) is 13.3. The smallest absolute Gasteiger partial charge is 0.319 e. The van der Waals surface area contributed by atoms with Crippen LogP contribution in [0.4, 0.5) is 4.79 Å². The molecule has 0 radical (unpaired) electrons. The second-order valence-corrected chi connectivity index (χ2v) is 6.84. The minimum Gasteiger partial charge on any atom is -0.331 e. The number of hydrogen-bond donors (Lipinski definition) is 1. The van der Waals surface area contributed by atoms with Gasteiger partial charge >= 0.3 is 6.03 Å². The van der Waals surface area contributed by atoms with Gasteiger partial charge in [0, 0.05) is 39.5 Å². The minimum absolute atomic E-state index is 0.00228. The molecular weight excluding hydrogens is 270 g/mol. The lowest BCUT2D eigenvalue weighted by Gasteiger charge is -2.49. The Kier molecular flexibility index (Phi) is 4.25. The molecule has 2 aliphatic rings. The number of urea groups is 1. The zero-order valence-corrected chi connectivity index (χ0v) is 13.3. The third-order valence-electron chi connectivity index (χ3n) is 4.80. The number of rotatable bonds is 1. The van der Waals surface area contributed by atoms with Crippen molar-refractivity contribution in [1.29, 1.82) is 0 Å². The van der Waals surface area contributed by atoms with Crippen molar-refractivity contribution in [2.45, 2.75) is 33.1 Å². The molecule has 4 amide bonds. The predicted molar refractivity (Wildman–Crippen MR) is 78.4 cm³/mol. The highest BCUT2D eigenvalue weighted by atomic mass is 16.2. The number of likely N-dealkylation sites (tertiary alicyclic amines) is 1. The molecule has 0 aromatic rings. The third kappa shape index (κ3) is 2.89. The molecule has 1 spiro atoms. The Bertz CT molecular complexity index is 451. The van der Waals surface area contributed by atoms with Crippen LogP contribution in [0, 0.1) is 17.3 Å². The van der Waals surface area contributed by atoms with E-state index < -0.39 is 0 Å². The molecule has 0 aromatic heterocycles. The van der Waals surface area contributed by atoms with Gasteiger partial charge in [-0.15, -0.1) is 0 Å². The van der Waals surface area contributed by atoms with Gasteiger partial charge in [-0.2, -0.15) is 0 Å². The molecule has 6 heteroatoms. The normalized spacial score (nSPS) is 25.2.